The third-order valence-corrected chi connectivity index (χ3v) is 3.41. The molecule has 1 aliphatic rings. The molecule has 0 aromatic heterocycles. The summed E-state index contributed by atoms with van der Waals surface area (Å²) in [5.41, 5.74) is -0.426. The van der Waals surface area contributed by atoms with E-state index in [1.165, 1.54) is 0 Å². The second-order valence-corrected chi connectivity index (χ2v) is 5.02. The molecule has 0 saturated carbocycles. The zero-order valence-electron chi connectivity index (χ0n) is 11.5. The lowest BCUT2D eigenvalue weighted by atomic mass is 10.00. The smallest absolute Gasteiger partial charge is 0.242 e. The summed E-state index contributed by atoms with van der Waals surface area (Å²) in [6, 6.07) is 0. The Morgan fingerprint density at radius 2 is 2.00 bits per heavy atom. The van der Waals surface area contributed by atoms with Crippen LogP contribution < -0.4 is 5.32 Å². The molecular formula is C12H25N3O2. The maximum atomic E-state index is 12.4. The molecule has 0 bridgehead atoms. The summed E-state index contributed by atoms with van der Waals surface area (Å²) in [7, 11) is 3.49. The molecule has 0 aromatic rings. The highest BCUT2D eigenvalue weighted by molar-refractivity contribution is 5.85. The molecule has 0 atom stereocenters. The monoisotopic (exact) mass is 243 g/mol. The van der Waals surface area contributed by atoms with Crippen LogP contribution in [0.15, 0.2) is 0 Å². The third kappa shape index (κ3) is 3.66. The molecule has 1 N–H and O–H groups in total. The van der Waals surface area contributed by atoms with Gasteiger partial charge in [-0.05, 0) is 13.8 Å². The standard InChI is InChI=1S/C12H25N3O2/c1-12(2,15-7-5-13-6-8-15)11(16)14(3)9-10-17-4/h13H,5-10H2,1-4H3. The van der Waals surface area contributed by atoms with Gasteiger partial charge in [0.1, 0.15) is 0 Å². The maximum Gasteiger partial charge on any atom is 0.242 e. The summed E-state index contributed by atoms with van der Waals surface area (Å²) in [6.07, 6.45) is 0. The van der Waals surface area contributed by atoms with Gasteiger partial charge in [0.05, 0.1) is 12.1 Å². The number of carbonyl (C=O) groups excluding carboxylic acids is 1. The van der Waals surface area contributed by atoms with Crippen molar-refractivity contribution in [1.82, 2.24) is 15.1 Å². The average Bonchev–Trinajstić information content (AvgIpc) is 2.36. The molecule has 0 unspecified atom stereocenters. The molecule has 0 aromatic carbocycles. The van der Waals surface area contributed by atoms with E-state index >= 15 is 0 Å². The Kier molecular flexibility index (Phi) is 5.36. The Labute approximate surface area is 104 Å². The van der Waals surface area contributed by atoms with Crippen LogP contribution in [0.2, 0.25) is 0 Å². The minimum atomic E-state index is -0.426. The zero-order valence-corrected chi connectivity index (χ0v) is 11.5. The number of carbonyl (C=O) groups is 1. The first-order chi connectivity index (χ1) is 8.00. The van der Waals surface area contributed by atoms with Gasteiger partial charge in [-0.2, -0.15) is 0 Å². The van der Waals surface area contributed by atoms with Gasteiger partial charge in [0.25, 0.3) is 0 Å². The van der Waals surface area contributed by atoms with Crippen LogP contribution in [0.4, 0.5) is 0 Å². The number of amides is 1. The highest BCUT2D eigenvalue weighted by atomic mass is 16.5. The van der Waals surface area contributed by atoms with Gasteiger partial charge in [-0.3, -0.25) is 9.69 Å². The van der Waals surface area contributed by atoms with Gasteiger partial charge >= 0.3 is 0 Å². The van der Waals surface area contributed by atoms with Crippen molar-refractivity contribution in [1.29, 1.82) is 0 Å². The Bertz CT molecular complexity index is 250. The van der Waals surface area contributed by atoms with Crippen LogP contribution >= 0.6 is 0 Å². The van der Waals surface area contributed by atoms with E-state index in [0.29, 0.717) is 13.2 Å². The summed E-state index contributed by atoms with van der Waals surface area (Å²) in [6.45, 7) is 9.00. The van der Waals surface area contributed by atoms with E-state index in [9.17, 15) is 4.79 Å². The number of likely N-dealkylation sites (N-methyl/N-ethyl adjacent to an activating group) is 1. The first-order valence-corrected chi connectivity index (χ1v) is 6.20. The predicted octanol–water partition coefficient (Wildman–Crippen LogP) is -0.225. The number of methoxy groups -OCH3 is 1. The first kappa shape index (κ1) is 14.4. The van der Waals surface area contributed by atoms with E-state index in [2.05, 4.69) is 10.2 Å². The van der Waals surface area contributed by atoms with Crippen molar-refractivity contribution in [3.8, 4) is 0 Å². The van der Waals surface area contributed by atoms with Crippen molar-refractivity contribution >= 4 is 5.91 Å². The van der Waals surface area contributed by atoms with Crippen molar-refractivity contribution in [3.63, 3.8) is 0 Å². The van der Waals surface area contributed by atoms with Crippen LogP contribution in [0, 0.1) is 0 Å². The molecular weight excluding hydrogens is 218 g/mol. The molecule has 5 heteroatoms. The lowest BCUT2D eigenvalue weighted by Crippen LogP contribution is -2.60. The van der Waals surface area contributed by atoms with Gasteiger partial charge in [-0.15, -0.1) is 0 Å². The van der Waals surface area contributed by atoms with Crippen molar-refractivity contribution in [2.75, 3.05) is 53.5 Å². The number of hydrogen-bond acceptors (Lipinski definition) is 4. The molecule has 1 aliphatic heterocycles. The third-order valence-electron chi connectivity index (χ3n) is 3.41. The number of rotatable bonds is 5. The average molecular weight is 243 g/mol. The maximum absolute atomic E-state index is 12.4. The second kappa shape index (κ2) is 6.33. The Balaban J connectivity index is 2.57. The number of piperazine rings is 1. The van der Waals surface area contributed by atoms with E-state index in [4.69, 9.17) is 4.74 Å². The fraction of sp³-hybridized carbons (Fsp3) is 0.917. The summed E-state index contributed by atoms with van der Waals surface area (Å²) < 4.78 is 5.00. The molecule has 100 valence electrons. The minimum absolute atomic E-state index is 0.163. The minimum Gasteiger partial charge on any atom is -0.383 e. The number of nitrogens with zero attached hydrogens (tertiary/aromatic N) is 2. The van der Waals surface area contributed by atoms with E-state index in [1.54, 1.807) is 12.0 Å². The summed E-state index contributed by atoms with van der Waals surface area (Å²) in [5, 5.41) is 3.30. The molecule has 1 fully saturated rings. The topological polar surface area (TPSA) is 44.8 Å². The van der Waals surface area contributed by atoms with Crippen LogP contribution in [-0.2, 0) is 9.53 Å². The normalized spacial score (nSPS) is 18.1. The predicted molar refractivity (Wildman–Crippen MR) is 68.0 cm³/mol. The number of ether oxygens (including phenoxy) is 1. The number of hydrogen-bond donors (Lipinski definition) is 1. The molecule has 0 spiro atoms. The quantitative estimate of drug-likeness (QED) is 0.725. The molecule has 1 rings (SSSR count). The van der Waals surface area contributed by atoms with Crippen molar-refractivity contribution < 1.29 is 9.53 Å². The largest absolute Gasteiger partial charge is 0.383 e. The van der Waals surface area contributed by atoms with Crippen molar-refractivity contribution in [2.24, 2.45) is 0 Å². The molecule has 0 radical (unpaired) electrons. The van der Waals surface area contributed by atoms with Crippen LogP contribution in [-0.4, -0.2) is 74.7 Å². The molecule has 1 saturated heterocycles. The van der Waals surface area contributed by atoms with Crippen molar-refractivity contribution in [3.05, 3.63) is 0 Å². The molecule has 17 heavy (non-hydrogen) atoms. The molecule has 0 aliphatic carbocycles. The summed E-state index contributed by atoms with van der Waals surface area (Å²) in [4.78, 5) is 16.4. The first-order valence-electron chi connectivity index (χ1n) is 6.20. The van der Waals surface area contributed by atoms with Crippen molar-refractivity contribution in [2.45, 2.75) is 19.4 Å². The Morgan fingerprint density at radius 3 is 2.53 bits per heavy atom. The second-order valence-electron chi connectivity index (χ2n) is 5.02. The van der Waals surface area contributed by atoms with Crippen LogP contribution in [0.5, 0.6) is 0 Å². The lowest BCUT2D eigenvalue weighted by Gasteiger charge is -2.41. The molecule has 1 heterocycles. The zero-order chi connectivity index (χ0) is 12.9. The number of nitrogens with one attached hydrogen (secondary N) is 1. The fourth-order valence-corrected chi connectivity index (χ4v) is 2.16. The molecule has 1 amide bonds. The van der Waals surface area contributed by atoms with E-state index in [1.807, 2.05) is 20.9 Å². The van der Waals surface area contributed by atoms with Crippen LogP contribution in [0.3, 0.4) is 0 Å². The van der Waals surface area contributed by atoms with Gasteiger partial charge in [0.15, 0.2) is 0 Å². The van der Waals surface area contributed by atoms with Gasteiger partial charge in [0.2, 0.25) is 5.91 Å². The van der Waals surface area contributed by atoms with E-state index in [0.717, 1.165) is 26.2 Å². The van der Waals surface area contributed by atoms with E-state index < -0.39 is 5.54 Å². The molecule has 5 nitrogen and oxygen atoms in total. The van der Waals surface area contributed by atoms with Crippen LogP contribution in [0.1, 0.15) is 13.8 Å². The highest BCUT2D eigenvalue weighted by Crippen LogP contribution is 2.17. The Morgan fingerprint density at radius 1 is 1.41 bits per heavy atom. The lowest BCUT2D eigenvalue weighted by molar-refractivity contribution is -0.142. The SMILES string of the molecule is COCCN(C)C(=O)C(C)(C)N1CCNCC1. The van der Waals surface area contributed by atoms with Gasteiger partial charge in [0, 0.05) is 46.9 Å². The van der Waals surface area contributed by atoms with Crippen LogP contribution in [0.25, 0.3) is 0 Å². The summed E-state index contributed by atoms with van der Waals surface area (Å²) >= 11 is 0. The highest BCUT2D eigenvalue weighted by Gasteiger charge is 2.36. The summed E-state index contributed by atoms with van der Waals surface area (Å²) in [5.74, 6) is 0.163. The fourth-order valence-electron chi connectivity index (χ4n) is 2.16. The van der Waals surface area contributed by atoms with E-state index in [-0.39, 0.29) is 5.91 Å². The Hall–Kier alpha value is -0.650. The van der Waals surface area contributed by atoms with Gasteiger partial charge in [-0.25, -0.2) is 0 Å². The van der Waals surface area contributed by atoms with Gasteiger partial charge < -0.3 is 15.0 Å². The van der Waals surface area contributed by atoms with Gasteiger partial charge in [-0.1, -0.05) is 0 Å².